The number of carbonyl (C=O) groups excluding carboxylic acids is 2. The maximum Gasteiger partial charge on any atom is 0.410 e. The lowest BCUT2D eigenvalue weighted by atomic mass is 10.2. The molecule has 1 aliphatic rings. The fourth-order valence-electron chi connectivity index (χ4n) is 2.15. The third-order valence-corrected chi connectivity index (χ3v) is 3.20. The van der Waals surface area contributed by atoms with E-state index in [0.717, 1.165) is 0 Å². The molecule has 1 fully saturated rings. The number of carbonyl (C=O) groups is 2. The molecule has 0 unspecified atom stereocenters. The average molecular weight is 306 g/mol. The van der Waals surface area contributed by atoms with E-state index in [9.17, 15) is 9.59 Å². The second kappa shape index (κ2) is 6.87. The molecular formula is C16H22N2O4. The molecule has 0 spiro atoms. The highest BCUT2D eigenvalue weighted by atomic mass is 16.6. The maximum absolute atomic E-state index is 11.9. The Morgan fingerprint density at radius 3 is 2.77 bits per heavy atom. The molecule has 2 rings (SSSR count). The van der Waals surface area contributed by atoms with Crippen molar-refractivity contribution < 1.29 is 19.1 Å². The van der Waals surface area contributed by atoms with Crippen LogP contribution in [0.3, 0.4) is 0 Å². The Bertz CT molecular complexity index is 525. The number of ketones is 1. The molecule has 1 aliphatic heterocycles. The van der Waals surface area contributed by atoms with Gasteiger partial charge in [0.2, 0.25) is 5.78 Å². The molecule has 1 aromatic heterocycles. The summed E-state index contributed by atoms with van der Waals surface area (Å²) in [6.07, 6.45) is 1.80. The first-order valence-electron chi connectivity index (χ1n) is 7.39. The van der Waals surface area contributed by atoms with Crippen LogP contribution >= 0.6 is 0 Å². The van der Waals surface area contributed by atoms with Crippen LogP contribution in [0.4, 0.5) is 4.79 Å². The summed E-state index contributed by atoms with van der Waals surface area (Å²) in [4.78, 5) is 29.5. The average Bonchev–Trinajstić information content (AvgIpc) is 2.93. The molecule has 1 atom stereocenters. The van der Waals surface area contributed by atoms with Crippen molar-refractivity contribution in [3.63, 3.8) is 0 Å². The van der Waals surface area contributed by atoms with Crippen molar-refractivity contribution in [1.29, 1.82) is 0 Å². The Labute approximate surface area is 130 Å². The van der Waals surface area contributed by atoms with Gasteiger partial charge in [0.1, 0.15) is 17.9 Å². The lowest BCUT2D eigenvalue weighted by Gasteiger charge is -2.24. The molecule has 0 N–H and O–H groups in total. The van der Waals surface area contributed by atoms with Gasteiger partial charge in [-0.1, -0.05) is 6.07 Å². The van der Waals surface area contributed by atoms with Crippen LogP contribution in [-0.2, 0) is 9.47 Å². The highest BCUT2D eigenvalue weighted by molar-refractivity contribution is 5.95. The normalized spacial score (nSPS) is 18.3. The Morgan fingerprint density at radius 1 is 1.36 bits per heavy atom. The van der Waals surface area contributed by atoms with Crippen LogP contribution in [0.5, 0.6) is 0 Å². The lowest BCUT2D eigenvalue weighted by molar-refractivity contribution is 0.0217. The van der Waals surface area contributed by atoms with Gasteiger partial charge in [0.15, 0.2) is 0 Å². The smallest absolute Gasteiger partial charge is 0.410 e. The molecule has 0 aromatic carbocycles. The molecule has 1 amide bonds. The molecule has 1 saturated heterocycles. The number of pyridine rings is 1. The minimum atomic E-state index is -0.509. The number of hydrogen-bond donors (Lipinski definition) is 0. The van der Waals surface area contributed by atoms with E-state index in [1.54, 1.807) is 29.3 Å². The van der Waals surface area contributed by atoms with Crippen LogP contribution in [0.15, 0.2) is 24.4 Å². The Morgan fingerprint density at radius 2 is 2.14 bits per heavy atom. The number of ether oxygens (including phenoxy) is 2. The van der Waals surface area contributed by atoms with E-state index in [2.05, 4.69) is 4.98 Å². The summed E-state index contributed by atoms with van der Waals surface area (Å²) in [6.45, 7) is 6.51. The molecule has 1 aromatic rings. The van der Waals surface area contributed by atoms with Crippen molar-refractivity contribution in [2.75, 3.05) is 19.7 Å². The fraction of sp³-hybridized carbons (Fsp3) is 0.562. The molecule has 22 heavy (non-hydrogen) atoms. The molecule has 120 valence electrons. The van der Waals surface area contributed by atoms with E-state index in [0.29, 0.717) is 25.2 Å². The van der Waals surface area contributed by atoms with E-state index < -0.39 is 5.60 Å². The predicted octanol–water partition coefficient (Wildman–Crippen LogP) is 2.29. The number of aromatic nitrogens is 1. The fourth-order valence-corrected chi connectivity index (χ4v) is 2.15. The minimum absolute atomic E-state index is 0.0240. The van der Waals surface area contributed by atoms with Crippen LogP contribution in [0, 0.1) is 0 Å². The number of rotatable bonds is 4. The van der Waals surface area contributed by atoms with Crippen molar-refractivity contribution in [3.05, 3.63) is 30.1 Å². The predicted molar refractivity (Wildman–Crippen MR) is 80.7 cm³/mol. The van der Waals surface area contributed by atoms with Crippen molar-refractivity contribution in [1.82, 2.24) is 9.88 Å². The topological polar surface area (TPSA) is 68.7 Å². The van der Waals surface area contributed by atoms with Crippen LogP contribution in [0.1, 0.15) is 37.7 Å². The summed E-state index contributed by atoms with van der Waals surface area (Å²) in [6, 6.07) is 5.18. The Balaban J connectivity index is 1.77. The van der Waals surface area contributed by atoms with Gasteiger partial charge >= 0.3 is 6.09 Å². The zero-order valence-electron chi connectivity index (χ0n) is 13.2. The van der Waals surface area contributed by atoms with Gasteiger partial charge in [-0.15, -0.1) is 0 Å². The first-order valence-corrected chi connectivity index (χ1v) is 7.39. The first-order chi connectivity index (χ1) is 10.3. The Hall–Kier alpha value is -1.95. The highest BCUT2D eigenvalue weighted by Crippen LogP contribution is 2.17. The summed E-state index contributed by atoms with van der Waals surface area (Å²) >= 11 is 0. The quantitative estimate of drug-likeness (QED) is 0.798. The van der Waals surface area contributed by atoms with E-state index >= 15 is 0 Å². The van der Waals surface area contributed by atoms with Crippen molar-refractivity contribution in [2.45, 2.75) is 38.9 Å². The van der Waals surface area contributed by atoms with Crippen LogP contribution in [0.25, 0.3) is 0 Å². The van der Waals surface area contributed by atoms with Gasteiger partial charge in [-0.05, 0) is 39.3 Å². The zero-order valence-corrected chi connectivity index (χ0v) is 13.2. The van der Waals surface area contributed by atoms with Gasteiger partial charge in [0, 0.05) is 12.7 Å². The number of likely N-dealkylation sites (tertiary alicyclic amines) is 1. The molecule has 0 aliphatic carbocycles. The third-order valence-electron chi connectivity index (χ3n) is 3.20. The van der Waals surface area contributed by atoms with E-state index in [-0.39, 0.29) is 24.6 Å². The monoisotopic (exact) mass is 306 g/mol. The van der Waals surface area contributed by atoms with E-state index in [1.807, 2.05) is 20.8 Å². The van der Waals surface area contributed by atoms with Gasteiger partial charge in [0.05, 0.1) is 12.6 Å². The Kier molecular flexibility index (Phi) is 5.13. The van der Waals surface area contributed by atoms with Crippen molar-refractivity contribution in [3.8, 4) is 0 Å². The number of hydrogen-bond acceptors (Lipinski definition) is 5. The maximum atomic E-state index is 11.9. The van der Waals surface area contributed by atoms with Gasteiger partial charge in [-0.2, -0.15) is 0 Å². The van der Waals surface area contributed by atoms with Gasteiger partial charge in [-0.3, -0.25) is 9.78 Å². The largest absolute Gasteiger partial charge is 0.444 e. The van der Waals surface area contributed by atoms with E-state index in [1.165, 1.54) is 0 Å². The molecule has 6 heteroatoms. The molecule has 2 heterocycles. The SMILES string of the molecule is CC(C)(C)OC(=O)N1CC[C@@H](OCC(=O)c2ccccn2)C1. The summed E-state index contributed by atoms with van der Waals surface area (Å²) in [7, 11) is 0. The molecule has 0 saturated carbocycles. The zero-order chi connectivity index (χ0) is 16.2. The second-order valence-electron chi connectivity index (χ2n) is 6.29. The summed E-state index contributed by atoms with van der Waals surface area (Å²) in [5, 5.41) is 0. The van der Waals surface area contributed by atoms with Crippen LogP contribution < -0.4 is 0 Å². The summed E-state index contributed by atoms with van der Waals surface area (Å²) < 4.78 is 10.9. The first kappa shape index (κ1) is 16.4. The number of Topliss-reactive ketones (excluding diaryl/α,β-unsaturated/α-hetero) is 1. The molecule has 0 bridgehead atoms. The summed E-state index contributed by atoms with van der Waals surface area (Å²) in [5.41, 5.74) is -0.116. The number of nitrogens with zero attached hydrogens (tertiary/aromatic N) is 2. The van der Waals surface area contributed by atoms with Gasteiger partial charge < -0.3 is 14.4 Å². The number of amides is 1. The van der Waals surface area contributed by atoms with Gasteiger partial charge in [0.25, 0.3) is 0 Å². The van der Waals surface area contributed by atoms with Gasteiger partial charge in [-0.25, -0.2) is 4.79 Å². The van der Waals surface area contributed by atoms with Crippen LogP contribution in [-0.4, -0.2) is 53.2 Å². The summed E-state index contributed by atoms with van der Waals surface area (Å²) in [5.74, 6) is -0.156. The van der Waals surface area contributed by atoms with E-state index in [4.69, 9.17) is 9.47 Å². The lowest BCUT2D eigenvalue weighted by Crippen LogP contribution is -2.36. The van der Waals surface area contributed by atoms with Crippen molar-refractivity contribution in [2.24, 2.45) is 0 Å². The van der Waals surface area contributed by atoms with Crippen molar-refractivity contribution >= 4 is 11.9 Å². The standard InChI is InChI=1S/C16H22N2O4/c1-16(2,3)22-15(20)18-9-7-12(10-18)21-11-14(19)13-6-4-5-8-17-13/h4-6,8,12H,7,9-11H2,1-3H3/t12-/m1/s1. The molecule has 6 nitrogen and oxygen atoms in total. The minimum Gasteiger partial charge on any atom is -0.444 e. The third kappa shape index (κ3) is 4.80. The second-order valence-corrected chi connectivity index (χ2v) is 6.29. The highest BCUT2D eigenvalue weighted by Gasteiger charge is 2.30. The van der Waals surface area contributed by atoms with Crippen LogP contribution in [0.2, 0.25) is 0 Å². The molecule has 0 radical (unpaired) electrons. The molecular weight excluding hydrogens is 284 g/mol.